The molecule has 0 atom stereocenters. The average Bonchev–Trinajstić information content (AvgIpc) is 2.92. The van der Waals surface area contributed by atoms with E-state index in [1.807, 2.05) is 43.3 Å². The second-order valence-electron chi connectivity index (χ2n) is 5.27. The monoisotopic (exact) mass is 283 g/mol. The quantitative estimate of drug-likeness (QED) is 0.846. The number of benzene rings is 1. The molecule has 0 N–H and O–H groups in total. The molecule has 0 unspecified atom stereocenters. The Labute approximate surface area is 125 Å². The van der Waals surface area contributed by atoms with E-state index in [-0.39, 0.29) is 0 Å². The van der Waals surface area contributed by atoms with Gasteiger partial charge in [-0.3, -0.25) is 0 Å². The second-order valence-corrected chi connectivity index (χ2v) is 5.27. The van der Waals surface area contributed by atoms with Gasteiger partial charge in [0.05, 0.1) is 11.4 Å². The maximum atomic E-state index is 9.26. The summed E-state index contributed by atoms with van der Waals surface area (Å²) in [6.45, 7) is 4.25. The average molecular weight is 283 g/mol. The molecule has 0 fully saturated rings. The number of anilines is 1. The Bertz CT molecular complexity index is 630. The lowest BCUT2D eigenvalue weighted by atomic mass is 9.97. The predicted molar refractivity (Wildman–Crippen MR) is 83.7 cm³/mol. The molecule has 0 radical (unpaired) electrons. The zero-order valence-electron chi connectivity index (χ0n) is 13.0. The van der Waals surface area contributed by atoms with Crippen LogP contribution < -0.4 is 4.90 Å². The van der Waals surface area contributed by atoms with Crippen molar-refractivity contribution in [2.75, 3.05) is 19.0 Å². The third-order valence-corrected chi connectivity index (χ3v) is 3.79. The molecule has 0 aliphatic carbocycles. The van der Waals surface area contributed by atoms with Crippen molar-refractivity contribution in [1.29, 1.82) is 5.26 Å². The molecule has 1 aromatic carbocycles. The molecule has 0 aliphatic rings. The first-order valence-corrected chi connectivity index (χ1v) is 7.25. The van der Waals surface area contributed by atoms with Gasteiger partial charge in [0.25, 0.3) is 0 Å². The number of rotatable bonds is 5. The van der Waals surface area contributed by atoms with Crippen molar-refractivity contribution in [3.05, 3.63) is 35.7 Å². The van der Waals surface area contributed by atoms with Gasteiger partial charge in [-0.2, -0.15) is 5.26 Å². The zero-order chi connectivity index (χ0) is 15.4. The normalized spacial score (nSPS) is 10.7. The van der Waals surface area contributed by atoms with Gasteiger partial charge in [0, 0.05) is 25.7 Å². The van der Waals surface area contributed by atoms with Crippen LogP contribution in [-0.2, 0) is 0 Å². The molecular formula is C16H21N5. The van der Waals surface area contributed by atoms with Crippen LogP contribution in [0.25, 0.3) is 5.69 Å². The summed E-state index contributed by atoms with van der Waals surface area (Å²) < 4.78 is 1.80. The molecule has 1 heterocycles. The Morgan fingerprint density at radius 2 is 1.81 bits per heavy atom. The molecule has 110 valence electrons. The van der Waals surface area contributed by atoms with E-state index in [0.717, 1.165) is 29.9 Å². The van der Waals surface area contributed by atoms with Crippen LogP contribution in [0.5, 0.6) is 0 Å². The first-order valence-electron chi connectivity index (χ1n) is 7.25. The molecule has 1 aromatic heterocycles. The minimum absolute atomic E-state index is 0.295. The van der Waals surface area contributed by atoms with E-state index in [4.69, 9.17) is 0 Å². The molecule has 0 bridgehead atoms. The van der Waals surface area contributed by atoms with Crippen LogP contribution in [0.2, 0.25) is 0 Å². The Kier molecular flexibility index (Phi) is 4.59. The lowest BCUT2D eigenvalue weighted by molar-refractivity contribution is 0.594. The van der Waals surface area contributed by atoms with Crippen molar-refractivity contribution in [3.8, 4) is 11.8 Å². The van der Waals surface area contributed by atoms with Crippen LogP contribution in [0.3, 0.4) is 0 Å². The Morgan fingerprint density at radius 1 is 1.19 bits per heavy atom. The number of hydrogen-bond acceptors (Lipinski definition) is 4. The van der Waals surface area contributed by atoms with Gasteiger partial charge in [-0.1, -0.05) is 19.1 Å². The van der Waals surface area contributed by atoms with Gasteiger partial charge < -0.3 is 4.90 Å². The summed E-state index contributed by atoms with van der Waals surface area (Å²) in [4.78, 5) is 2.05. The highest BCUT2D eigenvalue weighted by Crippen LogP contribution is 2.27. The largest absolute Gasteiger partial charge is 0.378 e. The minimum Gasteiger partial charge on any atom is -0.378 e. The number of hydrogen-bond donors (Lipinski definition) is 0. The summed E-state index contributed by atoms with van der Waals surface area (Å²) in [6, 6.07) is 10.3. The Balaban J connectivity index is 2.49. The first-order chi connectivity index (χ1) is 10.1. The van der Waals surface area contributed by atoms with E-state index in [1.54, 1.807) is 4.68 Å². The lowest BCUT2D eigenvalue weighted by Gasteiger charge is -2.16. The topological polar surface area (TPSA) is 57.7 Å². The Hall–Kier alpha value is -2.35. The highest BCUT2D eigenvalue weighted by molar-refractivity contribution is 5.50. The van der Waals surface area contributed by atoms with E-state index in [2.05, 4.69) is 30.2 Å². The van der Waals surface area contributed by atoms with Crippen LogP contribution in [0.4, 0.5) is 5.69 Å². The molecule has 2 rings (SSSR count). The van der Waals surface area contributed by atoms with Crippen LogP contribution in [-0.4, -0.2) is 29.1 Å². The summed E-state index contributed by atoms with van der Waals surface area (Å²) in [7, 11) is 4.02. The smallest absolute Gasteiger partial charge is 0.186 e. The van der Waals surface area contributed by atoms with Gasteiger partial charge in [0.15, 0.2) is 5.69 Å². The second kappa shape index (κ2) is 6.40. The van der Waals surface area contributed by atoms with Gasteiger partial charge in [-0.15, -0.1) is 5.10 Å². The molecule has 2 aromatic rings. The van der Waals surface area contributed by atoms with Crippen molar-refractivity contribution in [2.24, 2.45) is 0 Å². The number of nitriles is 1. The third kappa shape index (κ3) is 2.89. The molecule has 5 heteroatoms. The third-order valence-electron chi connectivity index (χ3n) is 3.79. The fourth-order valence-corrected chi connectivity index (χ4v) is 2.49. The molecule has 21 heavy (non-hydrogen) atoms. The van der Waals surface area contributed by atoms with Gasteiger partial charge in [-0.05, 0) is 37.1 Å². The summed E-state index contributed by atoms with van der Waals surface area (Å²) in [5.41, 5.74) is 3.42. The van der Waals surface area contributed by atoms with Crippen LogP contribution in [0.15, 0.2) is 24.3 Å². The molecular weight excluding hydrogens is 262 g/mol. The van der Waals surface area contributed by atoms with Crippen molar-refractivity contribution >= 4 is 5.69 Å². The van der Waals surface area contributed by atoms with Gasteiger partial charge in [-0.25, -0.2) is 4.68 Å². The molecule has 0 aliphatic heterocycles. The molecule has 0 saturated carbocycles. The molecule has 5 nitrogen and oxygen atoms in total. The summed E-state index contributed by atoms with van der Waals surface area (Å²) in [5.74, 6) is 0.295. The Morgan fingerprint density at radius 3 is 2.29 bits per heavy atom. The van der Waals surface area contributed by atoms with Crippen LogP contribution in [0.1, 0.15) is 44.0 Å². The summed E-state index contributed by atoms with van der Waals surface area (Å²) >= 11 is 0. The van der Waals surface area contributed by atoms with E-state index >= 15 is 0 Å². The highest BCUT2D eigenvalue weighted by Gasteiger charge is 2.21. The van der Waals surface area contributed by atoms with Gasteiger partial charge >= 0.3 is 0 Å². The van der Waals surface area contributed by atoms with Crippen LogP contribution in [0, 0.1) is 11.3 Å². The van der Waals surface area contributed by atoms with E-state index in [0.29, 0.717) is 11.6 Å². The van der Waals surface area contributed by atoms with Gasteiger partial charge in [0.2, 0.25) is 0 Å². The molecule has 0 saturated heterocycles. The highest BCUT2D eigenvalue weighted by atomic mass is 15.4. The SMILES string of the molecule is CCC(CC)c1c(C#N)nnn1-c1ccc(N(C)C)cc1. The predicted octanol–water partition coefficient (Wildman–Crippen LogP) is 3.11. The van der Waals surface area contributed by atoms with Crippen molar-refractivity contribution < 1.29 is 0 Å². The van der Waals surface area contributed by atoms with Gasteiger partial charge in [0.1, 0.15) is 6.07 Å². The van der Waals surface area contributed by atoms with E-state index in [9.17, 15) is 5.26 Å². The first kappa shape index (κ1) is 15.0. The fourth-order valence-electron chi connectivity index (χ4n) is 2.49. The summed E-state index contributed by atoms with van der Waals surface area (Å²) in [5, 5.41) is 17.5. The van der Waals surface area contributed by atoms with Crippen molar-refractivity contribution in [1.82, 2.24) is 15.0 Å². The minimum atomic E-state index is 0.295. The van der Waals surface area contributed by atoms with Crippen molar-refractivity contribution in [2.45, 2.75) is 32.6 Å². The number of aromatic nitrogens is 3. The fraction of sp³-hybridized carbons (Fsp3) is 0.438. The zero-order valence-corrected chi connectivity index (χ0v) is 13.0. The lowest BCUT2D eigenvalue weighted by Crippen LogP contribution is -2.10. The van der Waals surface area contributed by atoms with E-state index in [1.165, 1.54) is 0 Å². The molecule has 0 amide bonds. The molecule has 0 spiro atoms. The maximum Gasteiger partial charge on any atom is 0.186 e. The maximum absolute atomic E-state index is 9.26. The standard InChI is InChI=1S/C16H21N5/c1-5-12(6-2)16-15(11-17)18-19-21(16)14-9-7-13(8-10-14)20(3)4/h7-10,12H,5-6H2,1-4H3. The van der Waals surface area contributed by atoms with Crippen molar-refractivity contribution in [3.63, 3.8) is 0 Å². The van der Waals surface area contributed by atoms with Crippen LogP contribution >= 0.6 is 0 Å². The van der Waals surface area contributed by atoms with E-state index < -0.39 is 0 Å². The summed E-state index contributed by atoms with van der Waals surface area (Å²) in [6.07, 6.45) is 1.93. The number of nitrogens with zero attached hydrogens (tertiary/aromatic N) is 5.